The molecule has 1 unspecified atom stereocenters. The molecule has 5 nitrogen and oxygen atoms in total. The maximum Gasteiger partial charge on any atom is 0.220 e. The summed E-state index contributed by atoms with van der Waals surface area (Å²) < 4.78 is 2.03. The normalized spacial score (nSPS) is 25.9. The number of nitrogens with one attached hydrogen (secondary N) is 1. The number of aromatic nitrogens is 2. The quantitative estimate of drug-likeness (QED) is 0.841. The molecule has 18 heavy (non-hydrogen) atoms. The number of amides is 1. The van der Waals surface area contributed by atoms with Crippen LogP contribution in [0.25, 0.3) is 0 Å². The van der Waals surface area contributed by atoms with Crippen LogP contribution < -0.4 is 11.1 Å². The summed E-state index contributed by atoms with van der Waals surface area (Å²) in [7, 11) is 2.00. The van der Waals surface area contributed by atoms with E-state index in [4.69, 9.17) is 5.73 Å². The van der Waals surface area contributed by atoms with Crippen LogP contribution in [0, 0.1) is 5.92 Å². The number of carbonyl (C=O) groups is 1. The van der Waals surface area contributed by atoms with E-state index in [-0.39, 0.29) is 17.9 Å². The lowest BCUT2D eigenvalue weighted by Gasteiger charge is -2.29. The summed E-state index contributed by atoms with van der Waals surface area (Å²) in [6.45, 7) is 2.13. The minimum atomic E-state index is -0.148. The minimum absolute atomic E-state index is 0.0755. The van der Waals surface area contributed by atoms with Gasteiger partial charge in [0.25, 0.3) is 0 Å². The number of primary amides is 1. The van der Waals surface area contributed by atoms with Gasteiger partial charge in [0.15, 0.2) is 0 Å². The molecule has 1 atom stereocenters. The van der Waals surface area contributed by atoms with Crippen molar-refractivity contribution in [1.82, 2.24) is 14.9 Å². The largest absolute Gasteiger partial charge is 0.369 e. The number of imidazole rings is 1. The lowest BCUT2D eigenvalue weighted by atomic mass is 9.85. The molecular weight excluding hydrogens is 228 g/mol. The molecule has 0 saturated heterocycles. The molecule has 0 bridgehead atoms. The number of hydrogen-bond donors (Lipinski definition) is 2. The Morgan fingerprint density at radius 2 is 2.17 bits per heavy atom. The van der Waals surface area contributed by atoms with Gasteiger partial charge in [-0.3, -0.25) is 4.79 Å². The van der Waals surface area contributed by atoms with Crippen LogP contribution in [0.1, 0.15) is 44.5 Å². The second-order valence-corrected chi connectivity index (χ2v) is 5.24. The molecule has 100 valence electrons. The summed E-state index contributed by atoms with van der Waals surface area (Å²) >= 11 is 0. The van der Waals surface area contributed by atoms with Crippen molar-refractivity contribution in [3.05, 3.63) is 18.2 Å². The third-order valence-electron chi connectivity index (χ3n) is 3.86. The number of carbonyl (C=O) groups excluding carboxylic acids is 1. The molecular formula is C13H22N4O. The van der Waals surface area contributed by atoms with Crippen molar-refractivity contribution in [3.63, 3.8) is 0 Å². The summed E-state index contributed by atoms with van der Waals surface area (Å²) in [4.78, 5) is 15.5. The molecule has 1 saturated carbocycles. The highest BCUT2D eigenvalue weighted by molar-refractivity contribution is 5.76. The molecule has 5 heteroatoms. The van der Waals surface area contributed by atoms with E-state index in [2.05, 4.69) is 17.2 Å². The van der Waals surface area contributed by atoms with Crippen LogP contribution in [0.4, 0.5) is 0 Å². The maximum atomic E-state index is 11.1. The summed E-state index contributed by atoms with van der Waals surface area (Å²) in [5.41, 5.74) is 5.34. The fourth-order valence-corrected chi connectivity index (χ4v) is 2.77. The molecule has 1 aliphatic rings. The lowest BCUT2D eigenvalue weighted by Crippen LogP contribution is -2.38. The van der Waals surface area contributed by atoms with E-state index in [1.165, 1.54) is 0 Å². The first kappa shape index (κ1) is 13.1. The minimum Gasteiger partial charge on any atom is -0.369 e. The number of aryl methyl sites for hydroxylation is 1. The highest BCUT2D eigenvalue weighted by Crippen LogP contribution is 2.25. The predicted octanol–water partition coefficient (Wildman–Crippen LogP) is 1.11. The van der Waals surface area contributed by atoms with Gasteiger partial charge in [-0.2, -0.15) is 0 Å². The van der Waals surface area contributed by atoms with Gasteiger partial charge < -0.3 is 15.6 Å². The van der Waals surface area contributed by atoms with Crippen molar-refractivity contribution in [2.45, 2.75) is 44.7 Å². The van der Waals surface area contributed by atoms with Crippen LogP contribution in [0.5, 0.6) is 0 Å². The molecule has 1 fully saturated rings. The Balaban J connectivity index is 1.85. The highest BCUT2D eigenvalue weighted by atomic mass is 16.1. The van der Waals surface area contributed by atoms with E-state index in [0.29, 0.717) is 6.04 Å². The third kappa shape index (κ3) is 2.90. The van der Waals surface area contributed by atoms with Gasteiger partial charge in [-0.15, -0.1) is 0 Å². The lowest BCUT2D eigenvalue weighted by molar-refractivity contribution is -0.122. The Hall–Kier alpha value is -1.36. The Kier molecular flexibility index (Phi) is 4.01. The zero-order valence-electron chi connectivity index (χ0n) is 11.1. The first-order chi connectivity index (χ1) is 8.58. The van der Waals surface area contributed by atoms with Crippen molar-refractivity contribution < 1.29 is 4.79 Å². The van der Waals surface area contributed by atoms with Crippen LogP contribution in [0.15, 0.2) is 12.4 Å². The van der Waals surface area contributed by atoms with Gasteiger partial charge in [-0.1, -0.05) is 0 Å². The zero-order valence-corrected chi connectivity index (χ0v) is 11.1. The van der Waals surface area contributed by atoms with Crippen molar-refractivity contribution >= 4 is 5.91 Å². The molecule has 1 aromatic rings. The van der Waals surface area contributed by atoms with Gasteiger partial charge in [0.2, 0.25) is 5.91 Å². The fourth-order valence-electron chi connectivity index (χ4n) is 2.77. The Morgan fingerprint density at radius 3 is 2.67 bits per heavy atom. The number of hydrogen-bond acceptors (Lipinski definition) is 3. The predicted molar refractivity (Wildman–Crippen MR) is 69.7 cm³/mol. The van der Waals surface area contributed by atoms with E-state index in [1.54, 1.807) is 0 Å². The fraction of sp³-hybridized carbons (Fsp3) is 0.692. The van der Waals surface area contributed by atoms with Gasteiger partial charge in [0.1, 0.15) is 5.82 Å². The molecule has 1 aliphatic carbocycles. The van der Waals surface area contributed by atoms with Gasteiger partial charge in [0.05, 0.1) is 6.04 Å². The smallest absolute Gasteiger partial charge is 0.220 e. The van der Waals surface area contributed by atoms with Crippen molar-refractivity contribution in [1.29, 1.82) is 0 Å². The first-order valence-electron chi connectivity index (χ1n) is 6.60. The summed E-state index contributed by atoms with van der Waals surface area (Å²) in [5, 5.41) is 3.59. The van der Waals surface area contributed by atoms with E-state index in [0.717, 1.165) is 31.5 Å². The molecule has 1 heterocycles. The van der Waals surface area contributed by atoms with E-state index in [9.17, 15) is 4.79 Å². The number of nitrogens with two attached hydrogens (primary N) is 1. The van der Waals surface area contributed by atoms with E-state index < -0.39 is 0 Å². The Labute approximate surface area is 108 Å². The molecule has 2 rings (SSSR count). The Morgan fingerprint density at radius 1 is 1.50 bits per heavy atom. The topological polar surface area (TPSA) is 72.9 Å². The van der Waals surface area contributed by atoms with Crippen molar-refractivity contribution in [3.8, 4) is 0 Å². The average molecular weight is 250 g/mol. The van der Waals surface area contributed by atoms with Crippen LogP contribution in [-0.4, -0.2) is 21.5 Å². The second-order valence-electron chi connectivity index (χ2n) is 5.24. The van der Waals surface area contributed by atoms with Gasteiger partial charge in [-0.05, 0) is 32.6 Å². The highest BCUT2D eigenvalue weighted by Gasteiger charge is 2.26. The monoisotopic (exact) mass is 250 g/mol. The second kappa shape index (κ2) is 5.52. The molecule has 1 amide bonds. The third-order valence-corrected chi connectivity index (χ3v) is 3.86. The van der Waals surface area contributed by atoms with Crippen LogP contribution >= 0.6 is 0 Å². The SMILES string of the molecule is CC(NC1CCC(C(N)=O)CC1)c1nccn1C. The maximum absolute atomic E-state index is 11.1. The molecule has 0 aliphatic heterocycles. The molecule has 3 N–H and O–H groups in total. The molecule has 1 aromatic heterocycles. The van der Waals surface area contributed by atoms with Crippen LogP contribution in [0.3, 0.4) is 0 Å². The number of nitrogens with zero attached hydrogens (tertiary/aromatic N) is 2. The first-order valence-corrected chi connectivity index (χ1v) is 6.60. The number of rotatable bonds is 4. The standard InChI is InChI=1S/C13H22N4O/c1-9(13-15-7-8-17(13)2)16-11-5-3-10(4-6-11)12(14)18/h7-11,16H,3-6H2,1-2H3,(H2,14,18). The van der Waals surface area contributed by atoms with Gasteiger partial charge in [-0.25, -0.2) is 4.98 Å². The Bertz CT molecular complexity index is 407. The van der Waals surface area contributed by atoms with Gasteiger partial charge in [0, 0.05) is 31.4 Å². The zero-order chi connectivity index (χ0) is 13.1. The van der Waals surface area contributed by atoms with E-state index in [1.807, 2.05) is 24.0 Å². The van der Waals surface area contributed by atoms with Crippen molar-refractivity contribution in [2.75, 3.05) is 0 Å². The summed E-state index contributed by atoms with van der Waals surface area (Å²) in [5.74, 6) is 0.976. The van der Waals surface area contributed by atoms with Crippen LogP contribution in [0.2, 0.25) is 0 Å². The summed E-state index contributed by atoms with van der Waals surface area (Å²) in [6, 6.07) is 0.701. The summed E-state index contributed by atoms with van der Waals surface area (Å²) in [6.07, 6.45) is 7.61. The molecule has 0 aromatic carbocycles. The van der Waals surface area contributed by atoms with Crippen LogP contribution in [-0.2, 0) is 11.8 Å². The average Bonchev–Trinajstić information content (AvgIpc) is 2.76. The van der Waals surface area contributed by atoms with Gasteiger partial charge >= 0.3 is 0 Å². The molecule has 0 radical (unpaired) electrons. The van der Waals surface area contributed by atoms with E-state index >= 15 is 0 Å². The molecule has 0 spiro atoms. The van der Waals surface area contributed by atoms with Crippen molar-refractivity contribution in [2.24, 2.45) is 18.7 Å².